The second-order valence-corrected chi connectivity index (χ2v) is 7.86. The van der Waals surface area contributed by atoms with Gasteiger partial charge in [-0.15, -0.1) is 0 Å². The largest absolute Gasteiger partial charge is 0.465 e. The maximum atomic E-state index is 11.8. The van der Waals surface area contributed by atoms with Crippen LogP contribution >= 0.6 is 11.8 Å². The van der Waals surface area contributed by atoms with E-state index >= 15 is 0 Å². The molecule has 31 heavy (non-hydrogen) atoms. The van der Waals surface area contributed by atoms with Gasteiger partial charge in [0.05, 0.1) is 10.9 Å². The first-order valence-corrected chi connectivity index (χ1v) is 10.4. The number of thioether (sulfide) groups is 1. The highest BCUT2D eigenvalue weighted by Gasteiger charge is 2.51. The van der Waals surface area contributed by atoms with E-state index < -0.39 is 53.5 Å². The highest BCUT2D eigenvalue weighted by Crippen LogP contribution is 2.38. The highest BCUT2D eigenvalue weighted by molar-refractivity contribution is 7.99. The van der Waals surface area contributed by atoms with Gasteiger partial charge in [-0.2, -0.15) is 0 Å². The van der Waals surface area contributed by atoms with Crippen LogP contribution in [0, 0.1) is 5.92 Å². The molecule has 1 aromatic heterocycles. The molecule has 0 amide bonds. The first kappa shape index (κ1) is 24.6. The molecule has 1 aliphatic heterocycles. The van der Waals surface area contributed by atoms with Crippen LogP contribution in [0.5, 0.6) is 0 Å². The van der Waals surface area contributed by atoms with Gasteiger partial charge in [0, 0.05) is 33.9 Å². The fraction of sp³-hybridized carbons (Fsp3) is 0.550. The monoisotopic (exact) mass is 455 g/mol. The Morgan fingerprint density at radius 3 is 2.06 bits per heavy atom. The maximum absolute atomic E-state index is 11.8. The summed E-state index contributed by atoms with van der Waals surface area (Å²) in [6.45, 7) is 4.54. The summed E-state index contributed by atoms with van der Waals surface area (Å²) >= 11 is 1.16. The molecule has 1 fully saturated rings. The number of hydrogen-bond donors (Lipinski definition) is 0. The molecule has 0 radical (unpaired) electrons. The molecule has 1 saturated heterocycles. The first-order valence-electron chi connectivity index (χ1n) is 9.51. The lowest BCUT2D eigenvalue weighted by Gasteiger charge is -2.44. The number of nitrogens with zero attached hydrogens (tertiary/aromatic N) is 1. The molecule has 2 rings (SSSR count). The Labute approximate surface area is 183 Å². The van der Waals surface area contributed by atoms with Gasteiger partial charge >= 0.3 is 23.9 Å². The summed E-state index contributed by atoms with van der Waals surface area (Å²) in [6.07, 6.45) is -1.26. The van der Waals surface area contributed by atoms with Gasteiger partial charge in [0.15, 0.2) is 12.2 Å². The molecule has 170 valence electrons. The lowest BCUT2D eigenvalue weighted by molar-refractivity contribution is -0.222. The molecule has 0 unspecified atom stereocenters. The van der Waals surface area contributed by atoms with Crippen LogP contribution in [0.15, 0.2) is 29.4 Å². The van der Waals surface area contributed by atoms with E-state index in [2.05, 4.69) is 4.98 Å². The van der Waals surface area contributed by atoms with Gasteiger partial charge in [-0.1, -0.05) is 17.8 Å². The summed E-state index contributed by atoms with van der Waals surface area (Å²) in [5.41, 5.74) is -0.836. The summed E-state index contributed by atoms with van der Waals surface area (Å²) in [5.74, 6) is -3.07. The van der Waals surface area contributed by atoms with Gasteiger partial charge in [-0.3, -0.25) is 19.2 Å². The van der Waals surface area contributed by atoms with Crippen LogP contribution in [0.25, 0.3) is 0 Å². The molecular formula is C20H25NO9S. The standard InChI is InChI=1S/C20H25NO9S/c1-11(22)26-9-15-16(10-27-12(2)23)30-20(31-17-7-5-6-8-21-17)19(29-14(4)25)18(15)28-13(3)24/h5-8,15-16,18-20H,9-10H2,1-4H3/t15-,16-,18-,19+,20+/m0/s1. The van der Waals surface area contributed by atoms with Crippen LogP contribution in [0.3, 0.4) is 0 Å². The van der Waals surface area contributed by atoms with E-state index in [0.717, 1.165) is 11.8 Å². The van der Waals surface area contributed by atoms with E-state index in [9.17, 15) is 19.2 Å². The molecule has 1 aliphatic rings. The molecule has 5 atom stereocenters. The Balaban J connectivity index is 2.40. The first-order chi connectivity index (χ1) is 14.7. The Morgan fingerprint density at radius 1 is 0.903 bits per heavy atom. The fourth-order valence-corrected chi connectivity index (χ4v) is 4.09. The molecule has 0 aliphatic carbocycles. The van der Waals surface area contributed by atoms with Crippen molar-refractivity contribution in [3.8, 4) is 0 Å². The lowest BCUT2D eigenvalue weighted by Crippen LogP contribution is -2.58. The summed E-state index contributed by atoms with van der Waals surface area (Å²) in [5, 5.41) is 0.580. The Hall–Kier alpha value is -2.66. The van der Waals surface area contributed by atoms with E-state index in [1.165, 1.54) is 27.7 Å². The smallest absolute Gasteiger partial charge is 0.303 e. The van der Waals surface area contributed by atoms with Gasteiger partial charge in [0.25, 0.3) is 0 Å². The van der Waals surface area contributed by atoms with Gasteiger partial charge in [0.1, 0.15) is 24.8 Å². The average Bonchev–Trinajstić information content (AvgIpc) is 2.68. The zero-order valence-corrected chi connectivity index (χ0v) is 18.5. The SMILES string of the molecule is CC(=O)OC[C@@H]1[C@H](OC(C)=O)[C@@H](OC(C)=O)[C@@H](Sc2ccccn2)O[C@H]1COC(C)=O. The van der Waals surface area contributed by atoms with Crippen molar-refractivity contribution in [3.63, 3.8) is 0 Å². The number of esters is 4. The number of pyridine rings is 1. The minimum absolute atomic E-state index is 0.175. The van der Waals surface area contributed by atoms with Crippen LogP contribution in [0.4, 0.5) is 0 Å². The topological polar surface area (TPSA) is 127 Å². The average molecular weight is 455 g/mol. The zero-order chi connectivity index (χ0) is 23.0. The number of rotatable bonds is 8. The molecule has 2 heterocycles. The van der Waals surface area contributed by atoms with Crippen molar-refractivity contribution < 1.29 is 42.9 Å². The van der Waals surface area contributed by atoms with E-state index in [1.807, 2.05) is 0 Å². The molecule has 0 bridgehead atoms. The fourth-order valence-electron chi connectivity index (χ4n) is 3.03. The Morgan fingerprint density at radius 2 is 1.52 bits per heavy atom. The molecule has 0 saturated carbocycles. The third-order valence-corrected chi connectivity index (χ3v) is 5.30. The van der Waals surface area contributed by atoms with Crippen molar-refractivity contribution in [2.75, 3.05) is 13.2 Å². The molecular weight excluding hydrogens is 430 g/mol. The van der Waals surface area contributed by atoms with Crippen LogP contribution in [0.1, 0.15) is 27.7 Å². The Bertz CT molecular complexity index is 788. The van der Waals surface area contributed by atoms with E-state index in [4.69, 9.17) is 23.7 Å². The van der Waals surface area contributed by atoms with Crippen LogP contribution < -0.4 is 0 Å². The Kier molecular flexibility index (Phi) is 9.25. The maximum Gasteiger partial charge on any atom is 0.303 e. The van der Waals surface area contributed by atoms with E-state index in [-0.39, 0.29) is 13.2 Å². The zero-order valence-electron chi connectivity index (χ0n) is 17.6. The van der Waals surface area contributed by atoms with Gasteiger partial charge < -0.3 is 23.7 Å². The van der Waals surface area contributed by atoms with Crippen molar-refractivity contribution >= 4 is 35.6 Å². The summed E-state index contributed by atoms with van der Waals surface area (Å²) in [4.78, 5) is 50.7. The molecule has 0 N–H and O–H groups in total. The number of carbonyl (C=O) groups excluding carboxylic acids is 4. The number of ether oxygens (including phenoxy) is 5. The molecule has 1 aromatic rings. The molecule has 11 heteroatoms. The van der Waals surface area contributed by atoms with Crippen LogP contribution in [-0.2, 0) is 42.9 Å². The van der Waals surface area contributed by atoms with Crippen molar-refractivity contribution in [2.24, 2.45) is 5.92 Å². The highest BCUT2D eigenvalue weighted by atomic mass is 32.2. The van der Waals surface area contributed by atoms with Gasteiger partial charge in [-0.05, 0) is 12.1 Å². The quantitative estimate of drug-likeness (QED) is 0.418. The van der Waals surface area contributed by atoms with E-state index in [1.54, 1.807) is 24.4 Å². The van der Waals surface area contributed by atoms with E-state index in [0.29, 0.717) is 5.03 Å². The molecule has 10 nitrogen and oxygen atoms in total. The van der Waals surface area contributed by atoms with Crippen molar-refractivity contribution in [2.45, 2.75) is 56.5 Å². The predicted molar refractivity (Wildman–Crippen MR) is 107 cm³/mol. The van der Waals surface area contributed by atoms with Gasteiger partial charge in [0.2, 0.25) is 0 Å². The molecule has 0 aromatic carbocycles. The normalized spacial score (nSPS) is 25.2. The minimum atomic E-state index is -1.03. The minimum Gasteiger partial charge on any atom is -0.465 e. The number of carbonyl (C=O) groups is 4. The van der Waals surface area contributed by atoms with Gasteiger partial charge in [-0.25, -0.2) is 4.98 Å². The van der Waals surface area contributed by atoms with Crippen molar-refractivity contribution in [3.05, 3.63) is 24.4 Å². The third-order valence-electron chi connectivity index (χ3n) is 4.21. The van der Waals surface area contributed by atoms with Crippen molar-refractivity contribution in [1.29, 1.82) is 0 Å². The van der Waals surface area contributed by atoms with Crippen molar-refractivity contribution in [1.82, 2.24) is 4.98 Å². The third kappa shape index (κ3) is 7.83. The second kappa shape index (κ2) is 11.7. The summed E-state index contributed by atoms with van der Waals surface area (Å²) in [6, 6.07) is 5.27. The molecule has 0 spiro atoms. The summed E-state index contributed by atoms with van der Waals surface area (Å²) in [7, 11) is 0. The number of aromatic nitrogens is 1. The predicted octanol–water partition coefficient (Wildman–Crippen LogP) is 1.50. The lowest BCUT2D eigenvalue weighted by atomic mass is 9.90. The second-order valence-electron chi connectivity index (χ2n) is 6.75. The number of hydrogen-bond acceptors (Lipinski definition) is 11. The van der Waals surface area contributed by atoms with Crippen LogP contribution in [-0.4, -0.2) is 65.8 Å². The summed E-state index contributed by atoms with van der Waals surface area (Å²) < 4.78 is 27.3. The van der Waals surface area contributed by atoms with Crippen LogP contribution in [0.2, 0.25) is 0 Å².